The molecule has 0 aromatic carbocycles. The third-order valence-electron chi connectivity index (χ3n) is 2.27. The summed E-state index contributed by atoms with van der Waals surface area (Å²) in [4.78, 5) is 11.6. The molecule has 0 fully saturated rings. The maximum atomic E-state index is 11.6. The average molecular weight is 254 g/mol. The van der Waals surface area contributed by atoms with Crippen molar-refractivity contribution in [2.75, 3.05) is 5.75 Å². The van der Waals surface area contributed by atoms with Gasteiger partial charge in [0.1, 0.15) is 0 Å². The molecule has 5 heteroatoms. The molecule has 0 aliphatic rings. The van der Waals surface area contributed by atoms with Crippen LogP contribution in [0.1, 0.15) is 26.7 Å². The zero-order chi connectivity index (χ0) is 12.7. The fourth-order valence-corrected chi connectivity index (χ4v) is 2.21. The second kappa shape index (κ2) is 7.17. The van der Waals surface area contributed by atoms with Crippen LogP contribution in [0.3, 0.4) is 0 Å². The van der Waals surface area contributed by atoms with Gasteiger partial charge in [-0.15, -0.1) is 0 Å². The quantitative estimate of drug-likeness (QED) is 0.478. The Hall–Kier alpha value is -1.23. The van der Waals surface area contributed by atoms with Gasteiger partial charge in [0.05, 0.1) is 5.75 Å². The van der Waals surface area contributed by atoms with Gasteiger partial charge in [0.15, 0.2) is 6.20 Å². The summed E-state index contributed by atoms with van der Waals surface area (Å²) < 4.78 is 0.771. The highest BCUT2D eigenvalue weighted by Crippen LogP contribution is 2.11. The van der Waals surface area contributed by atoms with Crippen molar-refractivity contribution in [1.82, 2.24) is 5.32 Å². The summed E-state index contributed by atoms with van der Waals surface area (Å²) in [6.45, 7) is 4.07. The maximum absolute atomic E-state index is 11.6. The molecule has 94 valence electrons. The SMILES string of the molecule is CCCC(C)NC(=O)CSc1cccc[n+]1[O-]. The molecule has 1 amide bonds. The van der Waals surface area contributed by atoms with Gasteiger partial charge in [-0.05, 0) is 31.2 Å². The molecule has 1 aromatic heterocycles. The number of nitrogens with one attached hydrogen (secondary N) is 1. The molecular weight excluding hydrogens is 236 g/mol. The van der Waals surface area contributed by atoms with E-state index < -0.39 is 0 Å². The number of aromatic nitrogens is 1. The van der Waals surface area contributed by atoms with E-state index in [0.717, 1.165) is 17.6 Å². The first-order valence-corrected chi connectivity index (χ1v) is 6.72. The van der Waals surface area contributed by atoms with Crippen molar-refractivity contribution in [3.05, 3.63) is 29.6 Å². The number of amides is 1. The molecule has 1 N–H and O–H groups in total. The lowest BCUT2D eigenvalue weighted by molar-refractivity contribution is -0.645. The lowest BCUT2D eigenvalue weighted by Gasteiger charge is -2.12. The molecule has 4 nitrogen and oxygen atoms in total. The van der Waals surface area contributed by atoms with Gasteiger partial charge < -0.3 is 10.5 Å². The molecule has 1 heterocycles. The maximum Gasteiger partial charge on any atom is 0.251 e. The van der Waals surface area contributed by atoms with Crippen LogP contribution in [0.2, 0.25) is 0 Å². The molecule has 0 bridgehead atoms. The van der Waals surface area contributed by atoms with Crippen LogP contribution in [0.5, 0.6) is 0 Å². The van der Waals surface area contributed by atoms with Crippen LogP contribution >= 0.6 is 11.8 Å². The van der Waals surface area contributed by atoms with Gasteiger partial charge in [-0.25, -0.2) is 0 Å². The van der Waals surface area contributed by atoms with E-state index in [1.54, 1.807) is 18.2 Å². The van der Waals surface area contributed by atoms with Crippen LogP contribution in [-0.4, -0.2) is 17.7 Å². The Balaban J connectivity index is 2.36. The molecule has 0 radical (unpaired) electrons. The zero-order valence-electron chi connectivity index (χ0n) is 10.2. The van der Waals surface area contributed by atoms with E-state index in [1.165, 1.54) is 18.0 Å². The first-order valence-electron chi connectivity index (χ1n) is 5.73. The molecule has 0 spiro atoms. The van der Waals surface area contributed by atoms with Crippen molar-refractivity contribution >= 4 is 17.7 Å². The second-order valence-corrected chi connectivity index (χ2v) is 4.91. The number of carbonyl (C=O) groups is 1. The van der Waals surface area contributed by atoms with Gasteiger partial charge in [0.25, 0.3) is 5.03 Å². The van der Waals surface area contributed by atoms with Crippen molar-refractivity contribution in [2.45, 2.75) is 37.8 Å². The van der Waals surface area contributed by atoms with E-state index in [4.69, 9.17) is 0 Å². The summed E-state index contributed by atoms with van der Waals surface area (Å²) in [5, 5.41) is 14.8. The Bertz CT molecular complexity index is 371. The van der Waals surface area contributed by atoms with Crippen molar-refractivity contribution < 1.29 is 9.52 Å². The van der Waals surface area contributed by atoms with Gasteiger partial charge in [-0.2, -0.15) is 4.73 Å². The van der Waals surface area contributed by atoms with Gasteiger partial charge in [-0.1, -0.05) is 13.3 Å². The molecule has 1 aromatic rings. The van der Waals surface area contributed by atoms with E-state index in [2.05, 4.69) is 12.2 Å². The minimum absolute atomic E-state index is 0.0280. The average Bonchev–Trinajstić information content (AvgIpc) is 2.28. The van der Waals surface area contributed by atoms with E-state index in [0.29, 0.717) is 5.03 Å². The minimum Gasteiger partial charge on any atom is -0.618 e. The van der Waals surface area contributed by atoms with Crippen LogP contribution < -0.4 is 10.0 Å². The number of thioether (sulfide) groups is 1. The number of hydrogen-bond donors (Lipinski definition) is 1. The zero-order valence-corrected chi connectivity index (χ0v) is 11.0. The second-order valence-electron chi connectivity index (χ2n) is 3.91. The number of nitrogens with zero attached hydrogens (tertiary/aromatic N) is 1. The van der Waals surface area contributed by atoms with Crippen molar-refractivity contribution in [2.24, 2.45) is 0 Å². The number of rotatable bonds is 6. The Morgan fingerprint density at radius 2 is 2.35 bits per heavy atom. The fourth-order valence-electron chi connectivity index (χ4n) is 1.49. The first kappa shape index (κ1) is 13.8. The molecule has 0 aliphatic heterocycles. The fraction of sp³-hybridized carbons (Fsp3) is 0.500. The first-order chi connectivity index (χ1) is 8.13. The van der Waals surface area contributed by atoms with Gasteiger partial charge >= 0.3 is 0 Å². The number of hydrogen-bond acceptors (Lipinski definition) is 3. The highest BCUT2D eigenvalue weighted by Gasteiger charge is 2.10. The van der Waals surface area contributed by atoms with E-state index >= 15 is 0 Å². The summed E-state index contributed by atoms with van der Waals surface area (Å²) in [6.07, 6.45) is 3.46. The van der Waals surface area contributed by atoms with Crippen LogP contribution in [0.4, 0.5) is 0 Å². The molecule has 0 saturated carbocycles. The molecule has 1 atom stereocenters. The molecule has 1 unspecified atom stereocenters. The summed E-state index contributed by atoms with van der Waals surface area (Å²) in [5.41, 5.74) is 0. The summed E-state index contributed by atoms with van der Waals surface area (Å²) in [6, 6.07) is 5.36. The van der Waals surface area contributed by atoms with Gasteiger partial charge in [-0.3, -0.25) is 4.79 Å². The van der Waals surface area contributed by atoms with Crippen molar-refractivity contribution in [3.8, 4) is 0 Å². The number of pyridine rings is 1. The Labute approximate surface area is 106 Å². The normalized spacial score (nSPS) is 12.1. The third-order valence-corrected chi connectivity index (χ3v) is 3.29. The Morgan fingerprint density at radius 1 is 1.59 bits per heavy atom. The third kappa shape index (κ3) is 5.08. The smallest absolute Gasteiger partial charge is 0.251 e. The van der Waals surface area contributed by atoms with Crippen molar-refractivity contribution in [1.29, 1.82) is 0 Å². The monoisotopic (exact) mass is 254 g/mol. The van der Waals surface area contributed by atoms with E-state index in [9.17, 15) is 10.0 Å². The molecule has 17 heavy (non-hydrogen) atoms. The standard InChI is InChI=1S/C12H18N2O2S/c1-3-6-10(2)13-11(15)9-17-12-7-4-5-8-14(12)16/h4-5,7-8,10H,3,6,9H2,1-2H3,(H,13,15). The summed E-state index contributed by atoms with van der Waals surface area (Å²) in [7, 11) is 0. The largest absolute Gasteiger partial charge is 0.618 e. The summed E-state index contributed by atoms with van der Waals surface area (Å²) in [5.74, 6) is 0.250. The lowest BCUT2D eigenvalue weighted by Crippen LogP contribution is -2.34. The van der Waals surface area contributed by atoms with E-state index in [-0.39, 0.29) is 17.7 Å². The predicted octanol–water partition coefficient (Wildman–Crippen LogP) is 1.72. The highest BCUT2D eigenvalue weighted by atomic mass is 32.2. The van der Waals surface area contributed by atoms with Crippen LogP contribution in [0, 0.1) is 5.21 Å². The highest BCUT2D eigenvalue weighted by molar-refractivity contribution is 7.99. The van der Waals surface area contributed by atoms with E-state index in [1.807, 2.05) is 6.92 Å². The Kier molecular flexibility index (Phi) is 5.83. The predicted molar refractivity (Wildman–Crippen MR) is 68.6 cm³/mol. The molecule has 0 saturated heterocycles. The molecule has 1 rings (SSSR count). The molecule has 0 aliphatic carbocycles. The van der Waals surface area contributed by atoms with Crippen LogP contribution in [-0.2, 0) is 4.79 Å². The Morgan fingerprint density at radius 3 is 3.00 bits per heavy atom. The lowest BCUT2D eigenvalue weighted by atomic mass is 10.2. The van der Waals surface area contributed by atoms with Crippen LogP contribution in [0.15, 0.2) is 29.4 Å². The van der Waals surface area contributed by atoms with Gasteiger partial charge in [0, 0.05) is 18.2 Å². The topological polar surface area (TPSA) is 56.0 Å². The summed E-state index contributed by atoms with van der Waals surface area (Å²) >= 11 is 1.25. The van der Waals surface area contributed by atoms with Crippen LogP contribution in [0.25, 0.3) is 0 Å². The minimum atomic E-state index is -0.0280. The number of carbonyl (C=O) groups excluding carboxylic acids is 1. The van der Waals surface area contributed by atoms with Gasteiger partial charge in [0.2, 0.25) is 5.91 Å². The molecular formula is C12H18N2O2S. The van der Waals surface area contributed by atoms with Crippen molar-refractivity contribution in [3.63, 3.8) is 0 Å².